The summed E-state index contributed by atoms with van der Waals surface area (Å²) in [6, 6.07) is 25.8. The summed E-state index contributed by atoms with van der Waals surface area (Å²) in [5, 5.41) is 13.7. The number of halogens is 3. The average molecular weight is 542 g/mol. The van der Waals surface area contributed by atoms with Crippen LogP contribution in [0.25, 0.3) is 11.1 Å². The Kier molecular flexibility index (Phi) is 8.88. The molecule has 2 aliphatic rings. The molecule has 1 amide bonds. The third-order valence-electron chi connectivity index (χ3n) is 6.77. The Morgan fingerprint density at radius 2 is 1.67 bits per heavy atom. The summed E-state index contributed by atoms with van der Waals surface area (Å²) >= 11 is 0. The highest BCUT2D eigenvalue weighted by Gasteiger charge is 2.38. The maximum atomic E-state index is 12.5. The van der Waals surface area contributed by atoms with Crippen LogP contribution < -0.4 is 15.4 Å². The molecule has 2 saturated heterocycles. The zero-order chi connectivity index (χ0) is 28.0. The molecule has 2 aliphatic heterocycles. The molecule has 39 heavy (non-hydrogen) atoms. The highest BCUT2D eigenvalue weighted by atomic mass is 19.4. The van der Waals surface area contributed by atoms with Crippen LogP contribution in [-0.4, -0.2) is 60.3 Å². The Labute approximate surface area is 224 Å². The van der Waals surface area contributed by atoms with Crippen molar-refractivity contribution < 1.29 is 32.6 Å². The number of ether oxygens (including phenoxy) is 1. The average Bonchev–Trinajstić information content (AvgIpc) is 3.55. The standard InChI is InChI=1S/C27H29N3O2.C2HF3O2/c1-32-26-10-4-9-23(13-26)27(31)29-15-19-5-2-7-21(11-19)22-8-3-6-20(12-22)17-30-18-24-14-25(30)16-28-24;3-2(4,5)1(6)7/h2-13,24-25,28H,14-18H2,1H3,(H,29,31);(H,6,7)/t24-,25-;/m0./s1. The topological polar surface area (TPSA) is 90.9 Å². The summed E-state index contributed by atoms with van der Waals surface area (Å²) < 4.78 is 36.9. The number of fused-ring (bicyclic) bond motifs is 2. The maximum absolute atomic E-state index is 12.5. The SMILES string of the molecule is COc1cccc(C(=O)NCc2cccc(-c3cccc(CN4C[C@@H]5C[C@H]4CN5)c3)c2)c1.O=C(O)C(F)(F)F. The maximum Gasteiger partial charge on any atom is 0.490 e. The van der Waals surface area contributed by atoms with Gasteiger partial charge in [0, 0.05) is 43.8 Å². The Morgan fingerprint density at radius 3 is 2.26 bits per heavy atom. The number of carboxylic acids is 1. The first-order valence-corrected chi connectivity index (χ1v) is 12.5. The summed E-state index contributed by atoms with van der Waals surface area (Å²) in [6.45, 7) is 3.76. The largest absolute Gasteiger partial charge is 0.497 e. The van der Waals surface area contributed by atoms with E-state index in [0.29, 0.717) is 29.9 Å². The van der Waals surface area contributed by atoms with Crippen LogP contribution in [-0.2, 0) is 17.9 Å². The molecule has 0 spiro atoms. The lowest BCUT2D eigenvalue weighted by Crippen LogP contribution is -2.42. The molecule has 3 aromatic carbocycles. The van der Waals surface area contributed by atoms with E-state index in [1.165, 1.54) is 23.1 Å². The van der Waals surface area contributed by atoms with Gasteiger partial charge in [-0.25, -0.2) is 4.79 Å². The number of hydrogen-bond donors (Lipinski definition) is 3. The molecule has 0 aliphatic carbocycles. The van der Waals surface area contributed by atoms with Crippen molar-refractivity contribution in [2.75, 3.05) is 20.2 Å². The minimum absolute atomic E-state index is 0.106. The van der Waals surface area contributed by atoms with Crippen LogP contribution in [0.2, 0.25) is 0 Å². The Bertz CT molecular complexity index is 1310. The van der Waals surface area contributed by atoms with Crippen molar-refractivity contribution in [3.05, 3.63) is 89.5 Å². The number of rotatable bonds is 7. The van der Waals surface area contributed by atoms with Gasteiger partial charge in [-0.2, -0.15) is 13.2 Å². The van der Waals surface area contributed by atoms with Gasteiger partial charge in [0.25, 0.3) is 5.91 Å². The quantitative estimate of drug-likeness (QED) is 0.409. The van der Waals surface area contributed by atoms with E-state index in [0.717, 1.165) is 25.2 Å². The number of likely N-dealkylation sites (tertiary alicyclic amines) is 1. The van der Waals surface area contributed by atoms with E-state index in [1.807, 2.05) is 18.2 Å². The molecule has 2 heterocycles. The van der Waals surface area contributed by atoms with Gasteiger partial charge in [0.15, 0.2) is 0 Å². The van der Waals surface area contributed by atoms with Crippen LogP contribution >= 0.6 is 0 Å². The molecule has 0 unspecified atom stereocenters. The first-order chi connectivity index (χ1) is 18.6. The van der Waals surface area contributed by atoms with Crippen molar-refractivity contribution in [3.8, 4) is 16.9 Å². The van der Waals surface area contributed by atoms with Crippen LogP contribution in [0.5, 0.6) is 5.75 Å². The van der Waals surface area contributed by atoms with Gasteiger partial charge in [-0.05, 0) is 59.0 Å². The fourth-order valence-electron chi connectivity index (χ4n) is 4.83. The number of carbonyl (C=O) groups is 2. The van der Waals surface area contributed by atoms with Crippen molar-refractivity contribution >= 4 is 11.9 Å². The normalized spacial score (nSPS) is 18.3. The fraction of sp³-hybridized carbons (Fsp3) is 0.310. The van der Waals surface area contributed by atoms with Crippen molar-refractivity contribution in [2.45, 2.75) is 37.8 Å². The van der Waals surface area contributed by atoms with Crippen LogP contribution in [0.1, 0.15) is 27.9 Å². The van der Waals surface area contributed by atoms with Gasteiger partial charge in [0.1, 0.15) is 5.75 Å². The smallest absolute Gasteiger partial charge is 0.490 e. The third-order valence-corrected chi connectivity index (χ3v) is 6.77. The number of piperazine rings is 1. The molecular weight excluding hydrogens is 511 g/mol. The van der Waals surface area contributed by atoms with Crippen molar-refractivity contribution in [3.63, 3.8) is 0 Å². The van der Waals surface area contributed by atoms with E-state index in [9.17, 15) is 18.0 Å². The molecule has 206 valence electrons. The number of carboxylic acid groups (broad SMARTS) is 1. The summed E-state index contributed by atoms with van der Waals surface area (Å²) in [7, 11) is 1.60. The molecule has 5 rings (SSSR count). The molecule has 0 saturated carbocycles. The zero-order valence-corrected chi connectivity index (χ0v) is 21.4. The molecule has 2 atom stereocenters. The second-order valence-corrected chi connectivity index (χ2v) is 9.54. The molecule has 10 heteroatoms. The van der Waals surface area contributed by atoms with Gasteiger partial charge in [-0.3, -0.25) is 9.69 Å². The Balaban J connectivity index is 0.000000448. The number of alkyl halides is 3. The number of benzene rings is 3. The van der Waals surface area contributed by atoms with Gasteiger partial charge in [0.05, 0.1) is 7.11 Å². The molecular formula is C29H30F3N3O4. The van der Waals surface area contributed by atoms with E-state index in [2.05, 4.69) is 58.0 Å². The predicted octanol–water partition coefficient (Wildman–Crippen LogP) is 4.47. The fourth-order valence-corrected chi connectivity index (χ4v) is 4.83. The highest BCUT2D eigenvalue weighted by molar-refractivity contribution is 5.94. The van der Waals surface area contributed by atoms with E-state index in [1.54, 1.807) is 19.2 Å². The van der Waals surface area contributed by atoms with E-state index < -0.39 is 12.1 Å². The predicted molar refractivity (Wildman–Crippen MR) is 140 cm³/mol. The minimum atomic E-state index is -5.08. The molecule has 3 N–H and O–H groups in total. The van der Waals surface area contributed by atoms with E-state index in [-0.39, 0.29) is 5.91 Å². The monoisotopic (exact) mass is 541 g/mol. The van der Waals surface area contributed by atoms with E-state index in [4.69, 9.17) is 14.6 Å². The number of carbonyl (C=O) groups excluding carboxylic acids is 1. The van der Waals surface area contributed by atoms with E-state index >= 15 is 0 Å². The minimum Gasteiger partial charge on any atom is -0.497 e. The molecule has 3 aromatic rings. The molecule has 2 fully saturated rings. The summed E-state index contributed by atoms with van der Waals surface area (Å²) in [5.74, 6) is -2.18. The van der Waals surface area contributed by atoms with Crippen LogP contribution in [0, 0.1) is 0 Å². The summed E-state index contributed by atoms with van der Waals surface area (Å²) in [4.78, 5) is 24.0. The third kappa shape index (κ3) is 7.58. The summed E-state index contributed by atoms with van der Waals surface area (Å²) in [6.07, 6.45) is -3.80. The number of aliphatic carboxylic acids is 1. The lowest BCUT2D eigenvalue weighted by Gasteiger charge is -2.27. The second kappa shape index (κ2) is 12.3. The second-order valence-electron chi connectivity index (χ2n) is 9.54. The van der Waals surface area contributed by atoms with Gasteiger partial charge >= 0.3 is 12.1 Å². The molecule has 0 radical (unpaired) electrons. The molecule has 7 nitrogen and oxygen atoms in total. The van der Waals surface area contributed by atoms with Crippen molar-refractivity contribution in [1.82, 2.24) is 15.5 Å². The molecule has 2 bridgehead atoms. The lowest BCUT2D eigenvalue weighted by molar-refractivity contribution is -0.192. The van der Waals surface area contributed by atoms with Crippen molar-refractivity contribution in [2.24, 2.45) is 0 Å². The highest BCUT2D eigenvalue weighted by Crippen LogP contribution is 2.27. The summed E-state index contributed by atoms with van der Waals surface area (Å²) in [5.41, 5.74) is 5.41. The first kappa shape index (κ1) is 28.1. The number of amides is 1. The number of hydrogen-bond acceptors (Lipinski definition) is 5. The lowest BCUT2D eigenvalue weighted by atomic mass is 10.0. The van der Waals surface area contributed by atoms with Gasteiger partial charge in [-0.15, -0.1) is 0 Å². The van der Waals surface area contributed by atoms with Crippen LogP contribution in [0.15, 0.2) is 72.8 Å². The number of methoxy groups -OCH3 is 1. The van der Waals surface area contributed by atoms with Gasteiger partial charge < -0.3 is 20.5 Å². The Morgan fingerprint density at radius 1 is 1.03 bits per heavy atom. The first-order valence-electron chi connectivity index (χ1n) is 12.5. The van der Waals surface area contributed by atoms with Gasteiger partial charge in [-0.1, -0.05) is 42.5 Å². The number of nitrogens with zero attached hydrogens (tertiary/aromatic N) is 1. The Hall–Kier alpha value is -3.89. The number of nitrogens with one attached hydrogen (secondary N) is 2. The van der Waals surface area contributed by atoms with Crippen LogP contribution in [0.3, 0.4) is 0 Å². The van der Waals surface area contributed by atoms with Crippen LogP contribution in [0.4, 0.5) is 13.2 Å². The van der Waals surface area contributed by atoms with Crippen molar-refractivity contribution in [1.29, 1.82) is 0 Å². The van der Waals surface area contributed by atoms with Gasteiger partial charge in [0.2, 0.25) is 0 Å². The zero-order valence-electron chi connectivity index (χ0n) is 21.4. The molecule has 0 aromatic heterocycles.